The molecule has 0 radical (unpaired) electrons. The molecule has 15 heavy (non-hydrogen) atoms. The highest BCUT2D eigenvalue weighted by Gasteiger charge is 2.35. The standard InChI is InChI=1S/C12H21ClN2/c1-11(13)9-15-8-7-14-12(10-15)5-3-2-4-6-12/h14H,1-10H2. The van der Waals surface area contributed by atoms with Crippen molar-refractivity contribution in [2.45, 2.75) is 37.6 Å². The predicted octanol–water partition coefficient (Wildman–Crippen LogP) is 2.35. The lowest BCUT2D eigenvalue weighted by Gasteiger charge is -2.46. The number of piperazine rings is 1. The van der Waals surface area contributed by atoms with Gasteiger partial charge in [-0.05, 0) is 12.8 Å². The van der Waals surface area contributed by atoms with Crippen molar-refractivity contribution in [3.8, 4) is 0 Å². The van der Waals surface area contributed by atoms with E-state index in [-0.39, 0.29) is 0 Å². The van der Waals surface area contributed by atoms with Crippen molar-refractivity contribution >= 4 is 11.6 Å². The lowest BCUT2D eigenvalue weighted by molar-refractivity contribution is 0.107. The highest BCUT2D eigenvalue weighted by molar-refractivity contribution is 6.29. The highest BCUT2D eigenvalue weighted by Crippen LogP contribution is 2.30. The normalized spacial score (nSPS) is 26.7. The van der Waals surface area contributed by atoms with Crippen LogP contribution >= 0.6 is 11.6 Å². The fraction of sp³-hybridized carbons (Fsp3) is 0.833. The van der Waals surface area contributed by atoms with Gasteiger partial charge in [0.2, 0.25) is 0 Å². The van der Waals surface area contributed by atoms with Crippen LogP contribution in [0.15, 0.2) is 11.6 Å². The van der Waals surface area contributed by atoms with Crippen LogP contribution in [0.25, 0.3) is 0 Å². The van der Waals surface area contributed by atoms with Crippen LogP contribution in [-0.2, 0) is 0 Å². The molecule has 2 aliphatic rings. The quantitative estimate of drug-likeness (QED) is 0.781. The zero-order valence-corrected chi connectivity index (χ0v) is 10.2. The summed E-state index contributed by atoms with van der Waals surface area (Å²) in [5.41, 5.74) is 0.392. The molecule has 0 unspecified atom stereocenters. The molecule has 1 spiro atoms. The first-order chi connectivity index (χ1) is 7.20. The van der Waals surface area contributed by atoms with E-state index < -0.39 is 0 Å². The maximum absolute atomic E-state index is 5.88. The Bertz CT molecular complexity index is 228. The Morgan fingerprint density at radius 3 is 2.73 bits per heavy atom. The van der Waals surface area contributed by atoms with E-state index >= 15 is 0 Å². The molecule has 0 aromatic heterocycles. The Labute approximate surface area is 97.7 Å². The molecule has 0 aromatic carbocycles. The summed E-state index contributed by atoms with van der Waals surface area (Å²) in [6.45, 7) is 8.00. The van der Waals surface area contributed by atoms with E-state index in [1.54, 1.807) is 0 Å². The van der Waals surface area contributed by atoms with E-state index in [1.807, 2.05) is 0 Å². The second-order valence-electron chi connectivity index (χ2n) is 5.00. The zero-order valence-electron chi connectivity index (χ0n) is 9.40. The molecular weight excluding hydrogens is 208 g/mol. The number of nitrogens with one attached hydrogen (secondary N) is 1. The van der Waals surface area contributed by atoms with E-state index in [4.69, 9.17) is 11.6 Å². The molecule has 1 saturated carbocycles. The van der Waals surface area contributed by atoms with E-state index in [0.29, 0.717) is 5.54 Å². The Hall–Kier alpha value is -0.0500. The number of rotatable bonds is 2. The maximum atomic E-state index is 5.88. The third-order valence-electron chi connectivity index (χ3n) is 3.66. The number of hydrogen-bond acceptors (Lipinski definition) is 2. The van der Waals surface area contributed by atoms with E-state index in [0.717, 1.165) is 31.2 Å². The maximum Gasteiger partial charge on any atom is 0.0336 e. The SMILES string of the molecule is C=C(Cl)CN1CCNC2(CCCCC2)C1. The summed E-state index contributed by atoms with van der Waals surface area (Å²) in [5, 5.41) is 4.49. The lowest BCUT2D eigenvalue weighted by atomic mass is 9.80. The van der Waals surface area contributed by atoms with Gasteiger partial charge in [0.15, 0.2) is 0 Å². The summed E-state index contributed by atoms with van der Waals surface area (Å²) in [7, 11) is 0. The largest absolute Gasteiger partial charge is 0.309 e. The van der Waals surface area contributed by atoms with Crippen molar-refractivity contribution in [3.05, 3.63) is 11.6 Å². The fourth-order valence-electron chi connectivity index (χ4n) is 2.98. The van der Waals surface area contributed by atoms with Crippen molar-refractivity contribution < 1.29 is 0 Å². The highest BCUT2D eigenvalue weighted by atomic mass is 35.5. The van der Waals surface area contributed by atoms with Crippen molar-refractivity contribution in [1.82, 2.24) is 10.2 Å². The second-order valence-corrected chi connectivity index (χ2v) is 5.53. The van der Waals surface area contributed by atoms with Crippen LogP contribution in [0.4, 0.5) is 0 Å². The molecule has 2 nitrogen and oxygen atoms in total. The van der Waals surface area contributed by atoms with Gasteiger partial charge < -0.3 is 5.32 Å². The Morgan fingerprint density at radius 2 is 2.07 bits per heavy atom. The average Bonchev–Trinajstić information content (AvgIpc) is 2.17. The first-order valence-electron chi connectivity index (χ1n) is 6.01. The van der Waals surface area contributed by atoms with Gasteiger partial charge in [0, 0.05) is 36.8 Å². The first kappa shape index (κ1) is 11.4. The molecule has 86 valence electrons. The number of halogens is 1. The summed E-state index contributed by atoms with van der Waals surface area (Å²) in [5.74, 6) is 0. The van der Waals surface area contributed by atoms with Gasteiger partial charge in [0.1, 0.15) is 0 Å². The van der Waals surface area contributed by atoms with Gasteiger partial charge in [-0.2, -0.15) is 0 Å². The molecule has 2 rings (SSSR count). The summed E-state index contributed by atoms with van der Waals surface area (Å²) < 4.78 is 0. The van der Waals surface area contributed by atoms with Crippen molar-refractivity contribution in [2.24, 2.45) is 0 Å². The minimum Gasteiger partial charge on any atom is -0.309 e. The van der Waals surface area contributed by atoms with Gasteiger partial charge >= 0.3 is 0 Å². The second kappa shape index (κ2) is 4.86. The number of nitrogens with zero attached hydrogens (tertiary/aromatic N) is 1. The summed E-state index contributed by atoms with van der Waals surface area (Å²) in [6, 6.07) is 0. The van der Waals surface area contributed by atoms with Gasteiger partial charge in [-0.3, -0.25) is 4.90 Å². The van der Waals surface area contributed by atoms with Crippen LogP contribution in [0, 0.1) is 0 Å². The summed E-state index contributed by atoms with van der Waals surface area (Å²) in [6.07, 6.45) is 6.83. The third-order valence-corrected chi connectivity index (χ3v) is 3.78. The van der Waals surface area contributed by atoms with Crippen LogP contribution < -0.4 is 5.32 Å². The molecule has 2 fully saturated rings. The predicted molar refractivity (Wildman–Crippen MR) is 65.3 cm³/mol. The van der Waals surface area contributed by atoms with Gasteiger partial charge in [-0.1, -0.05) is 37.4 Å². The molecule has 0 atom stereocenters. The zero-order chi connectivity index (χ0) is 10.7. The lowest BCUT2D eigenvalue weighted by Crippen LogP contribution is -2.61. The Kier molecular flexibility index (Phi) is 3.70. The first-order valence-corrected chi connectivity index (χ1v) is 6.39. The van der Waals surface area contributed by atoms with Gasteiger partial charge in [0.05, 0.1) is 0 Å². The Morgan fingerprint density at radius 1 is 1.33 bits per heavy atom. The monoisotopic (exact) mass is 228 g/mol. The van der Waals surface area contributed by atoms with Crippen molar-refractivity contribution in [2.75, 3.05) is 26.2 Å². The minimum absolute atomic E-state index is 0.392. The molecule has 1 aliphatic heterocycles. The topological polar surface area (TPSA) is 15.3 Å². The molecule has 1 saturated heterocycles. The molecule has 0 aromatic rings. The van der Waals surface area contributed by atoms with Crippen LogP contribution in [0.3, 0.4) is 0 Å². The fourth-order valence-corrected chi connectivity index (χ4v) is 3.15. The molecule has 1 N–H and O–H groups in total. The van der Waals surface area contributed by atoms with E-state index in [2.05, 4.69) is 16.8 Å². The van der Waals surface area contributed by atoms with Crippen molar-refractivity contribution in [1.29, 1.82) is 0 Å². The van der Waals surface area contributed by atoms with Gasteiger partial charge in [-0.25, -0.2) is 0 Å². The molecule has 0 bridgehead atoms. The van der Waals surface area contributed by atoms with Gasteiger partial charge in [0.25, 0.3) is 0 Å². The van der Waals surface area contributed by atoms with Crippen molar-refractivity contribution in [3.63, 3.8) is 0 Å². The van der Waals surface area contributed by atoms with Crippen LogP contribution in [0.2, 0.25) is 0 Å². The minimum atomic E-state index is 0.392. The third kappa shape index (κ3) is 2.96. The molecule has 1 aliphatic carbocycles. The average molecular weight is 229 g/mol. The van der Waals surface area contributed by atoms with Crippen LogP contribution in [0.5, 0.6) is 0 Å². The molecule has 3 heteroatoms. The summed E-state index contributed by atoms with van der Waals surface area (Å²) in [4.78, 5) is 2.44. The van der Waals surface area contributed by atoms with E-state index in [9.17, 15) is 0 Å². The Balaban J connectivity index is 1.93. The van der Waals surface area contributed by atoms with Crippen LogP contribution in [0.1, 0.15) is 32.1 Å². The molecule has 0 amide bonds. The molecule has 1 heterocycles. The van der Waals surface area contributed by atoms with Crippen LogP contribution in [-0.4, -0.2) is 36.6 Å². The number of hydrogen-bond donors (Lipinski definition) is 1. The van der Waals surface area contributed by atoms with E-state index in [1.165, 1.54) is 32.1 Å². The summed E-state index contributed by atoms with van der Waals surface area (Å²) >= 11 is 5.88. The smallest absolute Gasteiger partial charge is 0.0336 e. The van der Waals surface area contributed by atoms with Gasteiger partial charge in [-0.15, -0.1) is 0 Å². The molecular formula is C12H21ClN2.